The van der Waals surface area contributed by atoms with Crippen molar-refractivity contribution in [1.29, 1.82) is 0 Å². The number of hydrogen-bond donors (Lipinski definition) is 1. The van der Waals surface area contributed by atoms with Gasteiger partial charge in [0.1, 0.15) is 5.82 Å². The van der Waals surface area contributed by atoms with Crippen LogP contribution in [0.15, 0.2) is 29.3 Å². The van der Waals surface area contributed by atoms with Gasteiger partial charge in [-0.05, 0) is 29.9 Å². The van der Waals surface area contributed by atoms with Crippen LogP contribution in [0.5, 0.6) is 0 Å². The van der Waals surface area contributed by atoms with Crippen LogP contribution < -0.4 is 0 Å². The molecule has 2 aromatic rings. The predicted octanol–water partition coefficient (Wildman–Crippen LogP) is 3.97. The maximum atomic E-state index is 13.2. The number of methoxy groups -OCH3 is 1. The van der Waals surface area contributed by atoms with Crippen molar-refractivity contribution in [3.05, 3.63) is 44.5 Å². The van der Waals surface area contributed by atoms with E-state index in [4.69, 9.17) is 17.0 Å². The van der Waals surface area contributed by atoms with Crippen LogP contribution >= 0.6 is 35.3 Å². The summed E-state index contributed by atoms with van der Waals surface area (Å²) in [5.41, 5.74) is 0.901. The molecule has 1 aromatic carbocycles. The number of carbonyl (C=O) groups is 1. The van der Waals surface area contributed by atoms with Gasteiger partial charge in [-0.15, -0.1) is 23.1 Å². The third kappa shape index (κ3) is 2.77. The van der Waals surface area contributed by atoms with E-state index in [1.165, 1.54) is 30.6 Å². The van der Waals surface area contributed by atoms with E-state index >= 15 is 0 Å². The molecule has 0 spiro atoms. The second kappa shape index (κ2) is 5.90. The number of thioether (sulfide) groups is 1. The first kappa shape index (κ1) is 14.7. The number of hydrogen-bond acceptors (Lipinski definition) is 5. The lowest BCUT2D eigenvalue weighted by molar-refractivity contribution is -0.145. The summed E-state index contributed by atoms with van der Waals surface area (Å²) >= 11 is 8.25. The van der Waals surface area contributed by atoms with Gasteiger partial charge in [0.15, 0.2) is 3.95 Å². The van der Waals surface area contributed by atoms with Gasteiger partial charge in [-0.1, -0.05) is 12.1 Å². The SMILES string of the molecule is COC(=O)C1CSc2[nH]c(=S)sc2C1c1ccc(F)cc1. The number of nitrogens with one attached hydrogen (secondary N) is 1. The van der Waals surface area contributed by atoms with Crippen LogP contribution in [0.3, 0.4) is 0 Å². The number of halogens is 1. The summed E-state index contributed by atoms with van der Waals surface area (Å²) < 4.78 is 18.8. The Balaban J connectivity index is 2.11. The number of esters is 1. The van der Waals surface area contributed by atoms with Crippen LogP contribution in [0.4, 0.5) is 4.39 Å². The molecule has 1 aliphatic rings. The normalized spacial score (nSPS) is 20.9. The van der Waals surface area contributed by atoms with Crippen LogP contribution in [0.25, 0.3) is 0 Å². The van der Waals surface area contributed by atoms with Gasteiger partial charge in [-0.25, -0.2) is 4.39 Å². The number of aromatic nitrogens is 1. The Kier molecular flexibility index (Phi) is 4.14. The number of fused-ring (bicyclic) bond motifs is 1. The van der Waals surface area contributed by atoms with E-state index in [9.17, 15) is 9.18 Å². The lowest BCUT2D eigenvalue weighted by Crippen LogP contribution is -2.29. The Bertz CT molecular complexity index is 723. The second-order valence-corrected chi connectivity index (χ2v) is 7.43. The highest BCUT2D eigenvalue weighted by atomic mass is 32.2. The van der Waals surface area contributed by atoms with Crippen molar-refractivity contribution in [3.8, 4) is 0 Å². The first-order valence-electron chi connectivity index (χ1n) is 6.29. The average molecular weight is 341 g/mol. The van der Waals surface area contributed by atoms with Crippen molar-refractivity contribution < 1.29 is 13.9 Å². The number of aromatic amines is 1. The van der Waals surface area contributed by atoms with Crippen molar-refractivity contribution in [2.45, 2.75) is 10.9 Å². The molecule has 1 N–H and O–H groups in total. The Morgan fingerprint density at radius 1 is 1.43 bits per heavy atom. The lowest BCUT2D eigenvalue weighted by atomic mass is 9.85. The molecule has 7 heteroatoms. The van der Waals surface area contributed by atoms with Gasteiger partial charge in [-0.3, -0.25) is 4.79 Å². The van der Waals surface area contributed by atoms with Gasteiger partial charge in [0.25, 0.3) is 0 Å². The lowest BCUT2D eigenvalue weighted by Gasteiger charge is -2.29. The number of rotatable bonds is 2. The highest BCUT2D eigenvalue weighted by Gasteiger charge is 2.38. The molecule has 3 rings (SSSR count). The Morgan fingerprint density at radius 3 is 2.81 bits per heavy atom. The van der Waals surface area contributed by atoms with E-state index in [-0.39, 0.29) is 23.6 Å². The Hall–Kier alpha value is -1.18. The minimum absolute atomic E-state index is 0.146. The van der Waals surface area contributed by atoms with Gasteiger partial charge < -0.3 is 9.72 Å². The summed E-state index contributed by atoms with van der Waals surface area (Å²) in [6.07, 6.45) is 0. The van der Waals surface area contributed by atoms with Crippen LogP contribution in [-0.2, 0) is 9.53 Å². The van der Waals surface area contributed by atoms with Crippen molar-refractivity contribution in [1.82, 2.24) is 4.98 Å². The molecule has 21 heavy (non-hydrogen) atoms. The average Bonchev–Trinajstić information content (AvgIpc) is 2.86. The quantitative estimate of drug-likeness (QED) is 0.663. The van der Waals surface area contributed by atoms with Crippen LogP contribution in [0.1, 0.15) is 16.4 Å². The highest BCUT2D eigenvalue weighted by Crippen LogP contribution is 2.46. The van der Waals surface area contributed by atoms with E-state index in [2.05, 4.69) is 4.98 Å². The molecular formula is C14H12FNO2S3. The van der Waals surface area contributed by atoms with E-state index in [1.807, 2.05) is 0 Å². The topological polar surface area (TPSA) is 42.1 Å². The highest BCUT2D eigenvalue weighted by molar-refractivity contribution is 7.99. The molecule has 2 unspecified atom stereocenters. The zero-order valence-corrected chi connectivity index (χ0v) is 13.5. The third-order valence-electron chi connectivity index (χ3n) is 3.47. The van der Waals surface area contributed by atoms with Gasteiger partial charge >= 0.3 is 5.97 Å². The molecule has 0 fully saturated rings. The van der Waals surface area contributed by atoms with Gasteiger partial charge in [0.2, 0.25) is 0 Å². The summed E-state index contributed by atoms with van der Waals surface area (Å²) in [5.74, 6) is -0.363. The Labute approximate surface area is 134 Å². The predicted molar refractivity (Wildman–Crippen MR) is 84.0 cm³/mol. The van der Waals surface area contributed by atoms with Crippen molar-refractivity contribution in [3.63, 3.8) is 0 Å². The van der Waals surface area contributed by atoms with Crippen LogP contribution in [-0.4, -0.2) is 23.8 Å². The monoisotopic (exact) mass is 341 g/mol. The summed E-state index contributed by atoms with van der Waals surface area (Å²) in [6.45, 7) is 0. The number of benzene rings is 1. The molecule has 3 nitrogen and oxygen atoms in total. The first-order chi connectivity index (χ1) is 10.1. The standard InChI is InChI=1S/C14H12FNO2S3/c1-18-13(17)9-6-20-12-11(21-14(19)16-12)10(9)7-2-4-8(15)5-3-7/h2-5,9-10H,6H2,1H3,(H,16,19). The molecule has 0 amide bonds. The fourth-order valence-electron chi connectivity index (χ4n) is 2.50. The molecule has 0 radical (unpaired) electrons. The molecule has 0 saturated heterocycles. The molecule has 1 aromatic heterocycles. The summed E-state index contributed by atoms with van der Waals surface area (Å²) in [5, 5.41) is 1.000. The number of carbonyl (C=O) groups excluding carboxylic acids is 1. The smallest absolute Gasteiger partial charge is 0.310 e. The first-order valence-corrected chi connectivity index (χ1v) is 8.50. The van der Waals surface area contributed by atoms with Gasteiger partial charge in [0.05, 0.1) is 18.1 Å². The number of thiazole rings is 1. The summed E-state index contributed by atoms with van der Waals surface area (Å²) in [6, 6.07) is 6.27. The maximum absolute atomic E-state index is 13.2. The van der Waals surface area contributed by atoms with Crippen molar-refractivity contribution in [2.24, 2.45) is 5.92 Å². The molecule has 0 aliphatic carbocycles. The van der Waals surface area contributed by atoms with E-state index in [0.717, 1.165) is 15.5 Å². The van der Waals surface area contributed by atoms with Crippen LogP contribution in [0.2, 0.25) is 0 Å². The fourth-order valence-corrected chi connectivity index (χ4v) is 5.34. The fraction of sp³-hybridized carbons (Fsp3) is 0.286. The molecule has 2 heterocycles. The maximum Gasteiger partial charge on any atom is 0.310 e. The van der Waals surface area contributed by atoms with E-state index in [1.54, 1.807) is 23.9 Å². The number of ether oxygens (including phenoxy) is 1. The molecule has 2 atom stereocenters. The molecule has 0 saturated carbocycles. The summed E-state index contributed by atoms with van der Waals surface area (Å²) in [7, 11) is 1.39. The molecule has 0 bridgehead atoms. The van der Waals surface area contributed by atoms with E-state index in [0.29, 0.717) is 9.71 Å². The van der Waals surface area contributed by atoms with Crippen LogP contribution in [0, 0.1) is 15.7 Å². The zero-order chi connectivity index (χ0) is 15.0. The van der Waals surface area contributed by atoms with E-state index < -0.39 is 0 Å². The minimum Gasteiger partial charge on any atom is -0.469 e. The largest absolute Gasteiger partial charge is 0.469 e. The number of H-pyrrole nitrogens is 1. The van der Waals surface area contributed by atoms with Crippen molar-refractivity contribution in [2.75, 3.05) is 12.9 Å². The zero-order valence-electron chi connectivity index (χ0n) is 11.1. The summed E-state index contributed by atoms with van der Waals surface area (Å²) in [4.78, 5) is 16.3. The van der Waals surface area contributed by atoms with Gasteiger partial charge in [-0.2, -0.15) is 0 Å². The minimum atomic E-state index is -0.292. The molecular weight excluding hydrogens is 329 g/mol. The van der Waals surface area contributed by atoms with Crippen molar-refractivity contribution >= 4 is 41.3 Å². The Morgan fingerprint density at radius 2 is 2.14 bits per heavy atom. The molecule has 110 valence electrons. The van der Waals surface area contributed by atoms with Gasteiger partial charge in [0, 0.05) is 16.5 Å². The second-order valence-electron chi connectivity index (χ2n) is 4.68. The molecule has 1 aliphatic heterocycles. The third-order valence-corrected chi connectivity index (χ3v) is 6.05.